The number of benzene rings is 1. The van der Waals surface area contributed by atoms with Gasteiger partial charge in [-0.2, -0.15) is 0 Å². The predicted molar refractivity (Wildman–Crippen MR) is 78.9 cm³/mol. The first-order chi connectivity index (χ1) is 9.49. The predicted octanol–water partition coefficient (Wildman–Crippen LogP) is 1.39. The Labute approximate surface area is 119 Å². The Bertz CT molecular complexity index is 520. The second-order valence-electron chi connectivity index (χ2n) is 5.37. The smallest absolute Gasteiger partial charge is 0.253 e. The Morgan fingerprint density at radius 1 is 1.35 bits per heavy atom. The number of rotatable bonds is 3. The summed E-state index contributed by atoms with van der Waals surface area (Å²) in [4.78, 5) is 25.6. The second-order valence-corrected chi connectivity index (χ2v) is 5.37. The number of carbonyl (C=O) groups is 2. The molecule has 0 radical (unpaired) electrons. The summed E-state index contributed by atoms with van der Waals surface area (Å²) < 4.78 is 0. The van der Waals surface area contributed by atoms with Crippen molar-refractivity contribution in [2.75, 3.05) is 26.0 Å². The minimum Gasteiger partial charge on any atom is -0.345 e. The summed E-state index contributed by atoms with van der Waals surface area (Å²) in [7, 11) is 3.44. The average molecular weight is 275 g/mol. The lowest BCUT2D eigenvalue weighted by Crippen LogP contribution is -2.35. The van der Waals surface area contributed by atoms with E-state index in [0.717, 1.165) is 24.9 Å². The van der Waals surface area contributed by atoms with Crippen molar-refractivity contribution >= 4 is 17.5 Å². The number of nitrogens with zero attached hydrogens (tertiary/aromatic N) is 1. The van der Waals surface area contributed by atoms with Crippen LogP contribution in [0, 0.1) is 6.92 Å². The van der Waals surface area contributed by atoms with E-state index in [2.05, 4.69) is 10.6 Å². The van der Waals surface area contributed by atoms with Gasteiger partial charge in [-0.3, -0.25) is 9.59 Å². The van der Waals surface area contributed by atoms with Crippen LogP contribution >= 0.6 is 0 Å². The van der Waals surface area contributed by atoms with Crippen molar-refractivity contribution in [2.45, 2.75) is 25.8 Å². The molecule has 1 saturated heterocycles. The molecule has 1 heterocycles. The van der Waals surface area contributed by atoms with Crippen LogP contribution in [0.15, 0.2) is 18.2 Å². The lowest BCUT2D eigenvalue weighted by Gasteiger charge is -2.15. The van der Waals surface area contributed by atoms with E-state index >= 15 is 0 Å². The molecule has 5 nitrogen and oxygen atoms in total. The van der Waals surface area contributed by atoms with Crippen molar-refractivity contribution < 1.29 is 9.59 Å². The maximum atomic E-state index is 12.1. The number of amides is 2. The number of nitrogens with one attached hydrogen (secondary N) is 2. The summed E-state index contributed by atoms with van der Waals surface area (Å²) in [6.45, 7) is 2.78. The van der Waals surface area contributed by atoms with Crippen LogP contribution in [0.3, 0.4) is 0 Å². The number of hydrogen-bond donors (Lipinski definition) is 2. The lowest BCUT2D eigenvalue weighted by atomic mass is 10.1. The van der Waals surface area contributed by atoms with Gasteiger partial charge in [0, 0.05) is 25.3 Å². The van der Waals surface area contributed by atoms with E-state index in [1.165, 1.54) is 4.90 Å². The summed E-state index contributed by atoms with van der Waals surface area (Å²) in [5.74, 6) is -0.0906. The van der Waals surface area contributed by atoms with Crippen LogP contribution in [0.5, 0.6) is 0 Å². The van der Waals surface area contributed by atoms with Crippen LogP contribution in [0.25, 0.3) is 0 Å². The fraction of sp³-hybridized carbons (Fsp3) is 0.467. The van der Waals surface area contributed by atoms with Gasteiger partial charge in [0.05, 0.1) is 6.04 Å². The Kier molecular flexibility index (Phi) is 4.39. The monoisotopic (exact) mass is 275 g/mol. The molecule has 0 saturated carbocycles. The number of carbonyl (C=O) groups excluding carboxylic acids is 2. The molecular formula is C15H21N3O2. The topological polar surface area (TPSA) is 61.4 Å². The molecule has 1 fully saturated rings. The van der Waals surface area contributed by atoms with Gasteiger partial charge in [0.25, 0.3) is 5.91 Å². The summed E-state index contributed by atoms with van der Waals surface area (Å²) in [5.41, 5.74) is 2.19. The molecule has 2 amide bonds. The molecule has 2 rings (SSSR count). The minimum atomic E-state index is -0.121. The van der Waals surface area contributed by atoms with Gasteiger partial charge in [-0.15, -0.1) is 0 Å². The lowest BCUT2D eigenvalue weighted by molar-refractivity contribution is -0.117. The third kappa shape index (κ3) is 3.17. The van der Waals surface area contributed by atoms with Gasteiger partial charge in [-0.25, -0.2) is 0 Å². The van der Waals surface area contributed by atoms with E-state index in [4.69, 9.17) is 0 Å². The molecule has 1 aromatic rings. The van der Waals surface area contributed by atoms with Gasteiger partial charge in [0.1, 0.15) is 0 Å². The standard InChI is InChI=1S/C15H21N3O2/c1-10-6-7-11(9-12(10)15(20)18(2)3)17-14(19)13-5-4-8-16-13/h6-7,9,13,16H,4-5,8H2,1-3H3,(H,17,19). The van der Waals surface area contributed by atoms with Crippen LogP contribution in [0.1, 0.15) is 28.8 Å². The summed E-state index contributed by atoms with van der Waals surface area (Å²) in [5, 5.41) is 6.03. The van der Waals surface area contributed by atoms with Gasteiger partial charge in [-0.1, -0.05) is 6.07 Å². The van der Waals surface area contributed by atoms with Gasteiger partial charge >= 0.3 is 0 Å². The zero-order valence-electron chi connectivity index (χ0n) is 12.2. The number of hydrogen-bond acceptors (Lipinski definition) is 3. The van der Waals surface area contributed by atoms with Gasteiger partial charge < -0.3 is 15.5 Å². The summed E-state index contributed by atoms with van der Waals surface area (Å²) >= 11 is 0. The third-order valence-electron chi connectivity index (χ3n) is 3.52. The molecule has 108 valence electrons. The quantitative estimate of drug-likeness (QED) is 0.876. The van der Waals surface area contributed by atoms with Crippen molar-refractivity contribution in [3.05, 3.63) is 29.3 Å². The number of aryl methyl sites for hydroxylation is 1. The summed E-state index contributed by atoms with van der Waals surface area (Å²) in [6, 6.07) is 5.30. The first-order valence-corrected chi connectivity index (χ1v) is 6.85. The van der Waals surface area contributed by atoms with Crippen LogP contribution in [0.4, 0.5) is 5.69 Å². The van der Waals surface area contributed by atoms with E-state index in [9.17, 15) is 9.59 Å². The van der Waals surface area contributed by atoms with Crippen molar-refractivity contribution in [2.24, 2.45) is 0 Å². The van der Waals surface area contributed by atoms with Crippen LogP contribution in [-0.4, -0.2) is 43.4 Å². The molecule has 1 aliphatic rings. The van der Waals surface area contributed by atoms with Gasteiger partial charge in [-0.05, 0) is 44.0 Å². The number of anilines is 1. The van der Waals surface area contributed by atoms with E-state index in [1.807, 2.05) is 19.1 Å². The van der Waals surface area contributed by atoms with E-state index < -0.39 is 0 Å². The average Bonchev–Trinajstić information content (AvgIpc) is 2.94. The molecule has 1 aliphatic heterocycles. The molecule has 1 aromatic carbocycles. The Morgan fingerprint density at radius 2 is 2.10 bits per heavy atom. The van der Waals surface area contributed by atoms with E-state index in [-0.39, 0.29) is 17.9 Å². The highest BCUT2D eigenvalue weighted by Gasteiger charge is 2.22. The molecule has 1 unspecified atom stereocenters. The normalized spacial score (nSPS) is 17.9. The van der Waals surface area contributed by atoms with Crippen LogP contribution < -0.4 is 10.6 Å². The van der Waals surface area contributed by atoms with Gasteiger partial charge in [0.2, 0.25) is 5.91 Å². The fourth-order valence-corrected chi connectivity index (χ4v) is 2.31. The highest BCUT2D eigenvalue weighted by atomic mass is 16.2. The Morgan fingerprint density at radius 3 is 2.70 bits per heavy atom. The third-order valence-corrected chi connectivity index (χ3v) is 3.52. The van der Waals surface area contributed by atoms with Crippen molar-refractivity contribution in [3.63, 3.8) is 0 Å². The van der Waals surface area contributed by atoms with Crippen molar-refractivity contribution in [3.8, 4) is 0 Å². The molecular weight excluding hydrogens is 254 g/mol. The van der Waals surface area contributed by atoms with Crippen LogP contribution in [-0.2, 0) is 4.79 Å². The minimum absolute atomic E-state index is 0.0328. The largest absolute Gasteiger partial charge is 0.345 e. The first kappa shape index (κ1) is 14.5. The molecule has 0 bridgehead atoms. The van der Waals surface area contributed by atoms with Crippen molar-refractivity contribution in [1.82, 2.24) is 10.2 Å². The maximum Gasteiger partial charge on any atom is 0.253 e. The zero-order chi connectivity index (χ0) is 14.7. The molecule has 1 atom stereocenters. The first-order valence-electron chi connectivity index (χ1n) is 6.85. The Hall–Kier alpha value is -1.88. The highest BCUT2D eigenvalue weighted by Crippen LogP contribution is 2.17. The van der Waals surface area contributed by atoms with E-state index in [0.29, 0.717) is 11.3 Å². The molecule has 0 aliphatic carbocycles. The molecule has 5 heteroatoms. The Balaban J connectivity index is 2.14. The molecule has 2 N–H and O–H groups in total. The SMILES string of the molecule is Cc1ccc(NC(=O)C2CCCN2)cc1C(=O)N(C)C. The van der Waals surface area contributed by atoms with Crippen LogP contribution in [0.2, 0.25) is 0 Å². The van der Waals surface area contributed by atoms with Gasteiger partial charge in [0.15, 0.2) is 0 Å². The van der Waals surface area contributed by atoms with E-state index in [1.54, 1.807) is 20.2 Å². The second kappa shape index (κ2) is 6.05. The molecule has 20 heavy (non-hydrogen) atoms. The maximum absolute atomic E-state index is 12.1. The fourth-order valence-electron chi connectivity index (χ4n) is 2.31. The molecule has 0 spiro atoms. The zero-order valence-corrected chi connectivity index (χ0v) is 12.2. The summed E-state index contributed by atoms with van der Waals surface area (Å²) in [6.07, 6.45) is 1.89. The highest BCUT2D eigenvalue weighted by molar-refractivity contribution is 5.99. The van der Waals surface area contributed by atoms with Crippen molar-refractivity contribution in [1.29, 1.82) is 0 Å². The molecule has 0 aromatic heterocycles.